The number of rotatable bonds is 6. The number of methoxy groups -OCH3 is 1. The van der Waals surface area contributed by atoms with Gasteiger partial charge in [0, 0.05) is 37.9 Å². The van der Waals surface area contributed by atoms with Crippen molar-refractivity contribution in [3.63, 3.8) is 0 Å². The molecule has 1 atom stereocenters. The molecule has 2 aromatic rings. The first-order chi connectivity index (χ1) is 11.8. The van der Waals surface area contributed by atoms with Crippen LogP contribution in [-0.2, 0) is 0 Å². The normalized spacial score (nSPS) is 16.8. The van der Waals surface area contributed by atoms with Gasteiger partial charge in [-0.3, -0.25) is 4.90 Å². The van der Waals surface area contributed by atoms with E-state index >= 15 is 0 Å². The summed E-state index contributed by atoms with van der Waals surface area (Å²) in [6, 6.07) is 19.5. The maximum atomic E-state index is 5.89. The Morgan fingerprint density at radius 1 is 0.958 bits per heavy atom. The second kappa shape index (κ2) is 8.18. The summed E-state index contributed by atoms with van der Waals surface area (Å²) in [7, 11) is 1.70. The molecule has 128 valence electrons. The number of para-hydroxylation sites is 1. The van der Waals surface area contributed by atoms with Crippen LogP contribution in [0.2, 0.25) is 0 Å². The minimum atomic E-state index is 0.388. The SMILES string of the molecule is COc1ccc(C(CCN)N2CCN(c3ccccc3)CC2)cc1. The lowest BCUT2D eigenvalue weighted by Crippen LogP contribution is -2.48. The van der Waals surface area contributed by atoms with Crippen molar-refractivity contribution in [2.24, 2.45) is 5.73 Å². The maximum Gasteiger partial charge on any atom is 0.118 e. The molecule has 4 nitrogen and oxygen atoms in total. The number of hydrogen-bond donors (Lipinski definition) is 1. The Morgan fingerprint density at radius 3 is 2.21 bits per heavy atom. The van der Waals surface area contributed by atoms with Gasteiger partial charge in [-0.05, 0) is 42.8 Å². The zero-order valence-electron chi connectivity index (χ0n) is 14.4. The average Bonchev–Trinajstić information content (AvgIpc) is 2.67. The number of ether oxygens (including phenoxy) is 1. The maximum absolute atomic E-state index is 5.89. The smallest absolute Gasteiger partial charge is 0.118 e. The standard InChI is InChI=1S/C20H27N3O/c1-24-19-9-7-17(8-10-19)20(11-12-21)23-15-13-22(14-16-23)18-5-3-2-4-6-18/h2-10,20H,11-16,21H2,1H3. The van der Waals surface area contributed by atoms with Crippen LogP contribution in [0, 0.1) is 0 Å². The number of piperazine rings is 1. The highest BCUT2D eigenvalue weighted by molar-refractivity contribution is 5.46. The Labute approximate surface area is 144 Å². The molecule has 24 heavy (non-hydrogen) atoms. The van der Waals surface area contributed by atoms with Crippen molar-refractivity contribution in [2.45, 2.75) is 12.5 Å². The number of hydrogen-bond acceptors (Lipinski definition) is 4. The minimum absolute atomic E-state index is 0.388. The first kappa shape index (κ1) is 16.8. The lowest BCUT2D eigenvalue weighted by molar-refractivity contribution is 0.178. The molecule has 0 amide bonds. The van der Waals surface area contributed by atoms with Crippen LogP contribution in [0.25, 0.3) is 0 Å². The molecule has 4 heteroatoms. The van der Waals surface area contributed by atoms with E-state index in [1.807, 2.05) is 12.1 Å². The third-order valence-electron chi connectivity index (χ3n) is 4.82. The first-order valence-electron chi connectivity index (χ1n) is 8.70. The molecule has 2 N–H and O–H groups in total. The van der Waals surface area contributed by atoms with Crippen LogP contribution in [0.5, 0.6) is 5.75 Å². The van der Waals surface area contributed by atoms with Crippen molar-refractivity contribution >= 4 is 5.69 Å². The number of nitrogens with zero attached hydrogens (tertiary/aromatic N) is 2. The fourth-order valence-electron chi connectivity index (χ4n) is 3.47. The second-order valence-electron chi connectivity index (χ2n) is 6.22. The predicted octanol–water partition coefficient (Wildman–Crippen LogP) is 2.91. The Bertz CT molecular complexity index is 607. The van der Waals surface area contributed by atoms with Gasteiger partial charge in [-0.2, -0.15) is 0 Å². The van der Waals surface area contributed by atoms with Gasteiger partial charge in [0.1, 0.15) is 5.75 Å². The number of benzene rings is 2. The van der Waals surface area contributed by atoms with Crippen molar-refractivity contribution < 1.29 is 4.74 Å². The number of nitrogens with two attached hydrogens (primary N) is 1. The van der Waals surface area contributed by atoms with Gasteiger partial charge in [0.2, 0.25) is 0 Å². The summed E-state index contributed by atoms with van der Waals surface area (Å²) in [5.74, 6) is 0.902. The second-order valence-corrected chi connectivity index (χ2v) is 6.22. The molecule has 0 radical (unpaired) electrons. The van der Waals surface area contributed by atoms with E-state index < -0.39 is 0 Å². The Balaban J connectivity index is 1.67. The summed E-state index contributed by atoms with van der Waals surface area (Å²) >= 11 is 0. The van der Waals surface area contributed by atoms with E-state index in [1.165, 1.54) is 11.3 Å². The number of anilines is 1. The van der Waals surface area contributed by atoms with Crippen LogP contribution in [0.15, 0.2) is 54.6 Å². The van der Waals surface area contributed by atoms with Crippen LogP contribution >= 0.6 is 0 Å². The molecular formula is C20H27N3O. The lowest BCUT2D eigenvalue weighted by atomic mass is 10.0. The lowest BCUT2D eigenvalue weighted by Gasteiger charge is -2.40. The molecule has 0 saturated carbocycles. The van der Waals surface area contributed by atoms with E-state index in [9.17, 15) is 0 Å². The first-order valence-corrected chi connectivity index (χ1v) is 8.70. The molecule has 1 aliphatic rings. The molecule has 0 bridgehead atoms. The van der Waals surface area contributed by atoms with Crippen LogP contribution in [0.1, 0.15) is 18.0 Å². The van der Waals surface area contributed by atoms with Crippen molar-refractivity contribution in [2.75, 3.05) is 44.7 Å². The van der Waals surface area contributed by atoms with Crippen LogP contribution in [0.4, 0.5) is 5.69 Å². The molecule has 0 spiro atoms. The van der Waals surface area contributed by atoms with Gasteiger partial charge < -0.3 is 15.4 Å². The van der Waals surface area contributed by atoms with Crippen LogP contribution in [-0.4, -0.2) is 44.7 Å². The third-order valence-corrected chi connectivity index (χ3v) is 4.82. The Kier molecular flexibility index (Phi) is 5.72. The summed E-state index contributed by atoms with van der Waals surface area (Å²) < 4.78 is 5.27. The summed E-state index contributed by atoms with van der Waals surface area (Å²) in [6.07, 6.45) is 0.984. The van der Waals surface area contributed by atoms with Gasteiger partial charge >= 0.3 is 0 Å². The highest BCUT2D eigenvalue weighted by Crippen LogP contribution is 2.28. The minimum Gasteiger partial charge on any atom is -0.497 e. The van der Waals surface area contributed by atoms with E-state index in [0.29, 0.717) is 12.6 Å². The van der Waals surface area contributed by atoms with Gasteiger partial charge in [0.25, 0.3) is 0 Å². The van der Waals surface area contributed by atoms with E-state index in [2.05, 4.69) is 52.3 Å². The van der Waals surface area contributed by atoms with Crippen LogP contribution in [0.3, 0.4) is 0 Å². The zero-order chi connectivity index (χ0) is 16.8. The molecule has 3 rings (SSSR count). The van der Waals surface area contributed by atoms with Crippen molar-refractivity contribution in [1.82, 2.24) is 4.90 Å². The van der Waals surface area contributed by atoms with E-state index in [4.69, 9.17) is 10.5 Å². The van der Waals surface area contributed by atoms with E-state index in [0.717, 1.165) is 38.3 Å². The quantitative estimate of drug-likeness (QED) is 0.887. The van der Waals surface area contributed by atoms with Crippen molar-refractivity contribution in [3.05, 3.63) is 60.2 Å². The average molecular weight is 325 g/mol. The highest BCUT2D eigenvalue weighted by atomic mass is 16.5. The molecule has 2 aromatic carbocycles. The summed E-state index contributed by atoms with van der Waals surface area (Å²) in [5.41, 5.74) is 8.53. The van der Waals surface area contributed by atoms with Crippen molar-refractivity contribution in [3.8, 4) is 5.75 Å². The van der Waals surface area contributed by atoms with Crippen molar-refractivity contribution in [1.29, 1.82) is 0 Å². The van der Waals surface area contributed by atoms with E-state index in [-0.39, 0.29) is 0 Å². The summed E-state index contributed by atoms with van der Waals surface area (Å²) in [4.78, 5) is 5.03. The third kappa shape index (κ3) is 3.89. The molecule has 1 fully saturated rings. The molecule has 1 aliphatic heterocycles. The van der Waals surface area contributed by atoms with Gasteiger partial charge in [-0.25, -0.2) is 0 Å². The Hall–Kier alpha value is -2.04. The Morgan fingerprint density at radius 2 is 1.62 bits per heavy atom. The van der Waals surface area contributed by atoms with Gasteiger partial charge in [0.05, 0.1) is 7.11 Å². The summed E-state index contributed by atoms with van der Waals surface area (Å²) in [5, 5.41) is 0. The molecule has 0 aromatic heterocycles. The van der Waals surface area contributed by atoms with Gasteiger partial charge in [0.15, 0.2) is 0 Å². The fraction of sp³-hybridized carbons (Fsp3) is 0.400. The molecule has 1 saturated heterocycles. The van der Waals surface area contributed by atoms with Gasteiger partial charge in [-0.15, -0.1) is 0 Å². The monoisotopic (exact) mass is 325 g/mol. The molecular weight excluding hydrogens is 298 g/mol. The summed E-state index contributed by atoms with van der Waals surface area (Å²) in [6.45, 7) is 4.94. The highest BCUT2D eigenvalue weighted by Gasteiger charge is 2.24. The predicted molar refractivity (Wildman–Crippen MR) is 99.6 cm³/mol. The fourth-order valence-corrected chi connectivity index (χ4v) is 3.47. The zero-order valence-corrected chi connectivity index (χ0v) is 14.4. The largest absolute Gasteiger partial charge is 0.497 e. The van der Waals surface area contributed by atoms with Crippen LogP contribution < -0.4 is 15.4 Å². The topological polar surface area (TPSA) is 41.7 Å². The molecule has 1 heterocycles. The molecule has 1 unspecified atom stereocenters. The molecule has 0 aliphatic carbocycles. The van der Waals surface area contributed by atoms with Gasteiger partial charge in [-0.1, -0.05) is 30.3 Å². The van der Waals surface area contributed by atoms with E-state index in [1.54, 1.807) is 7.11 Å².